The lowest BCUT2D eigenvalue weighted by Crippen LogP contribution is -2.35. The molecule has 2 aromatic heterocycles. The zero-order valence-electron chi connectivity index (χ0n) is 27.3. The first-order chi connectivity index (χ1) is 23.1. The lowest BCUT2D eigenvalue weighted by molar-refractivity contribution is 0.152. The van der Waals surface area contributed by atoms with Crippen LogP contribution in [0.15, 0.2) is 65.7 Å². The summed E-state index contributed by atoms with van der Waals surface area (Å²) in [5, 5.41) is 5.43. The Balaban J connectivity index is 1.17. The Hall–Kier alpha value is -4.93. The maximum absolute atomic E-state index is 14.8. The van der Waals surface area contributed by atoms with Crippen LogP contribution in [0.1, 0.15) is 42.4 Å². The number of nitrogen functional groups attached to an aromatic ring is 1. The van der Waals surface area contributed by atoms with Crippen molar-refractivity contribution >= 4 is 33.7 Å². The van der Waals surface area contributed by atoms with Gasteiger partial charge in [0.05, 0.1) is 30.2 Å². The highest BCUT2D eigenvalue weighted by atomic mass is 19.3. The van der Waals surface area contributed by atoms with Crippen molar-refractivity contribution in [2.75, 3.05) is 42.3 Å². The monoisotopic (exact) mass is 656 g/mol. The summed E-state index contributed by atoms with van der Waals surface area (Å²) in [6.45, 7) is 4.52. The quantitative estimate of drug-likeness (QED) is 0.184. The zero-order chi connectivity index (χ0) is 33.7. The maximum Gasteiger partial charge on any atom is 0.264 e. The number of pyridine rings is 1. The fraction of sp³-hybridized carbons (Fsp3) is 0.351. The molecule has 0 atom stereocenters. The second kappa shape index (κ2) is 12.6. The Labute approximate surface area is 277 Å². The number of ether oxygens (including phenoxy) is 1. The van der Waals surface area contributed by atoms with Crippen molar-refractivity contribution in [1.82, 2.24) is 14.3 Å². The number of hydrogen-bond donors (Lipinski definition) is 1. The third-order valence-electron chi connectivity index (χ3n) is 9.92. The van der Waals surface area contributed by atoms with Gasteiger partial charge in [-0.05, 0) is 86.1 Å². The van der Waals surface area contributed by atoms with Crippen molar-refractivity contribution in [3.05, 3.63) is 93.8 Å². The summed E-state index contributed by atoms with van der Waals surface area (Å²) in [5.41, 5.74) is 11.5. The number of nitrogens with two attached hydrogens (primary N) is 1. The number of nitrogens with zero attached hydrogens (tertiary/aromatic N) is 5. The number of rotatable bonds is 7. The van der Waals surface area contributed by atoms with E-state index in [-0.39, 0.29) is 16.9 Å². The molecule has 5 aromatic rings. The van der Waals surface area contributed by atoms with Gasteiger partial charge >= 0.3 is 0 Å². The van der Waals surface area contributed by atoms with Gasteiger partial charge < -0.3 is 24.8 Å². The van der Waals surface area contributed by atoms with Crippen molar-refractivity contribution < 1.29 is 17.9 Å². The highest BCUT2D eigenvalue weighted by Gasteiger charge is 2.27. The number of fused-ring (bicyclic) bond motifs is 2. The minimum Gasteiger partial charge on any atom is -0.497 e. The number of methoxy groups -OCH3 is 1. The number of halogens is 3. The van der Waals surface area contributed by atoms with E-state index in [1.54, 1.807) is 50.0 Å². The van der Waals surface area contributed by atoms with Gasteiger partial charge in [-0.25, -0.2) is 13.2 Å². The second-order valence-electron chi connectivity index (χ2n) is 13.0. The van der Waals surface area contributed by atoms with Gasteiger partial charge in [-0.2, -0.15) is 5.10 Å². The molecular formula is C37H39F3N6O2. The van der Waals surface area contributed by atoms with Crippen LogP contribution in [0.5, 0.6) is 5.75 Å². The average Bonchev–Trinajstić information content (AvgIpc) is 3.55. The lowest BCUT2D eigenvalue weighted by Gasteiger charge is -2.34. The predicted molar refractivity (Wildman–Crippen MR) is 184 cm³/mol. The first-order valence-electron chi connectivity index (χ1n) is 16.3. The van der Waals surface area contributed by atoms with E-state index in [2.05, 4.69) is 10.00 Å². The van der Waals surface area contributed by atoms with Crippen LogP contribution in [0.3, 0.4) is 0 Å². The summed E-state index contributed by atoms with van der Waals surface area (Å²) in [5.74, 6) is 0.607. The number of hydrogen-bond acceptors (Lipinski definition) is 6. The first-order valence-corrected chi connectivity index (χ1v) is 16.3. The Morgan fingerprint density at radius 1 is 1.02 bits per heavy atom. The Bertz CT molecular complexity index is 2070. The van der Waals surface area contributed by atoms with Crippen molar-refractivity contribution in [1.29, 1.82) is 0 Å². The number of aryl methyl sites for hydroxylation is 3. The van der Waals surface area contributed by atoms with E-state index in [9.17, 15) is 18.0 Å². The zero-order valence-corrected chi connectivity index (χ0v) is 27.3. The molecule has 0 saturated carbocycles. The van der Waals surface area contributed by atoms with Crippen LogP contribution in [0.2, 0.25) is 0 Å². The predicted octanol–water partition coefficient (Wildman–Crippen LogP) is 7.38. The van der Waals surface area contributed by atoms with Crippen LogP contribution in [0, 0.1) is 18.7 Å². The topological polar surface area (TPSA) is 81.6 Å². The van der Waals surface area contributed by atoms with E-state index in [0.717, 1.165) is 61.1 Å². The SMILES string of the molecule is COc1cc(N2CCCc3cc(-c4cnn(CC5CCN(c6ccc(N)cc6F)CC5)c4)c(C(F)F)cc32)c2cc(C)c(=O)n(C)c2c1. The van der Waals surface area contributed by atoms with Crippen LogP contribution < -0.4 is 25.8 Å². The average molecular weight is 657 g/mol. The molecule has 1 fully saturated rings. The Morgan fingerprint density at radius 3 is 2.54 bits per heavy atom. The van der Waals surface area contributed by atoms with E-state index in [1.165, 1.54) is 6.07 Å². The minimum absolute atomic E-state index is 0.0465. The van der Waals surface area contributed by atoms with Gasteiger partial charge in [-0.3, -0.25) is 9.48 Å². The molecular weight excluding hydrogens is 617 g/mol. The third kappa shape index (κ3) is 5.75. The van der Waals surface area contributed by atoms with Gasteiger partial charge in [0.15, 0.2) is 0 Å². The van der Waals surface area contributed by atoms with Gasteiger partial charge in [0.2, 0.25) is 0 Å². The Morgan fingerprint density at radius 2 is 1.81 bits per heavy atom. The van der Waals surface area contributed by atoms with E-state index < -0.39 is 6.43 Å². The van der Waals surface area contributed by atoms with Crippen LogP contribution in [0.25, 0.3) is 22.0 Å². The molecule has 0 aliphatic carbocycles. The molecule has 0 bridgehead atoms. The standard InChI is InChI=1S/C37H39F3N6O2/c1-22-13-30-34(43(2)37(22)47)16-27(48-3)17-35(30)46-10-4-5-24-14-28(29(36(39)40)18-33(24)46)25-19-42-45(21-25)20-23-8-11-44(12-9-23)32-7-6-26(41)15-31(32)38/h6-7,13-19,21,23,36H,4-5,8-12,20,41H2,1-3H3. The summed E-state index contributed by atoms with van der Waals surface area (Å²) in [6.07, 6.45) is 4.15. The fourth-order valence-corrected chi connectivity index (χ4v) is 7.35. The van der Waals surface area contributed by atoms with Crippen LogP contribution >= 0.6 is 0 Å². The summed E-state index contributed by atoms with van der Waals surface area (Å²) in [7, 11) is 3.31. The molecule has 250 valence electrons. The van der Waals surface area contributed by atoms with E-state index in [4.69, 9.17) is 10.5 Å². The molecule has 0 radical (unpaired) electrons. The van der Waals surface area contributed by atoms with Crippen LogP contribution in [0.4, 0.5) is 35.9 Å². The number of anilines is 4. The van der Waals surface area contributed by atoms with Crippen molar-refractivity contribution in [3.63, 3.8) is 0 Å². The van der Waals surface area contributed by atoms with Crippen molar-refractivity contribution in [2.24, 2.45) is 13.0 Å². The molecule has 2 N–H and O–H groups in total. The van der Waals surface area contributed by atoms with E-state index >= 15 is 0 Å². The molecule has 2 aliphatic rings. The number of benzene rings is 3. The van der Waals surface area contributed by atoms with Gasteiger partial charge in [0.1, 0.15) is 11.6 Å². The largest absolute Gasteiger partial charge is 0.497 e. The molecule has 11 heteroatoms. The molecule has 0 spiro atoms. The smallest absolute Gasteiger partial charge is 0.264 e. The fourth-order valence-electron chi connectivity index (χ4n) is 7.35. The Kier molecular flexibility index (Phi) is 8.30. The number of piperidine rings is 1. The van der Waals surface area contributed by atoms with Gasteiger partial charge in [0, 0.05) is 85.0 Å². The van der Waals surface area contributed by atoms with Crippen molar-refractivity contribution in [3.8, 4) is 16.9 Å². The molecule has 3 aromatic carbocycles. The number of alkyl halides is 2. The first kappa shape index (κ1) is 31.7. The molecule has 7 rings (SSSR count). The summed E-state index contributed by atoms with van der Waals surface area (Å²) in [4.78, 5) is 16.9. The summed E-state index contributed by atoms with van der Waals surface area (Å²) < 4.78 is 53.1. The molecule has 0 amide bonds. The van der Waals surface area contributed by atoms with E-state index in [1.807, 2.05) is 40.0 Å². The third-order valence-corrected chi connectivity index (χ3v) is 9.92. The molecule has 4 heterocycles. The molecule has 48 heavy (non-hydrogen) atoms. The van der Waals surface area contributed by atoms with Crippen LogP contribution in [-0.4, -0.2) is 41.1 Å². The normalized spacial score (nSPS) is 15.4. The second-order valence-corrected chi connectivity index (χ2v) is 13.0. The lowest BCUT2D eigenvalue weighted by atomic mass is 9.92. The summed E-state index contributed by atoms with van der Waals surface area (Å²) >= 11 is 0. The highest BCUT2D eigenvalue weighted by molar-refractivity contribution is 5.97. The molecule has 1 saturated heterocycles. The van der Waals surface area contributed by atoms with Gasteiger partial charge in [-0.1, -0.05) is 0 Å². The van der Waals surface area contributed by atoms with Gasteiger partial charge in [0.25, 0.3) is 12.0 Å². The molecule has 2 aliphatic heterocycles. The van der Waals surface area contributed by atoms with Gasteiger partial charge in [-0.15, -0.1) is 0 Å². The summed E-state index contributed by atoms with van der Waals surface area (Å²) in [6, 6.07) is 13.9. The molecule has 0 unspecified atom stereocenters. The maximum atomic E-state index is 14.8. The highest BCUT2D eigenvalue weighted by Crippen LogP contribution is 2.44. The van der Waals surface area contributed by atoms with Crippen LogP contribution in [-0.2, 0) is 20.0 Å². The van der Waals surface area contributed by atoms with E-state index in [0.29, 0.717) is 58.3 Å². The number of aromatic nitrogens is 3. The van der Waals surface area contributed by atoms with Crippen molar-refractivity contribution in [2.45, 2.75) is 45.6 Å². The minimum atomic E-state index is -2.69. The molecule has 8 nitrogen and oxygen atoms in total.